The van der Waals surface area contributed by atoms with Crippen LogP contribution in [0.1, 0.15) is 19.8 Å². The molecule has 1 aromatic rings. The van der Waals surface area contributed by atoms with Crippen LogP contribution in [-0.2, 0) is 0 Å². The molecule has 0 aromatic carbocycles. The minimum atomic E-state index is -0.421. The van der Waals surface area contributed by atoms with Gasteiger partial charge in [0.15, 0.2) is 0 Å². The molecule has 0 amide bonds. The van der Waals surface area contributed by atoms with Gasteiger partial charge >= 0.3 is 0 Å². The highest BCUT2D eigenvalue weighted by molar-refractivity contribution is 5.90. The Morgan fingerprint density at radius 1 is 1.47 bits per heavy atom. The average molecular weight is 236 g/mol. The quantitative estimate of drug-likeness (QED) is 0.562. The first-order valence-corrected chi connectivity index (χ1v) is 5.68. The molecular formula is C12H17FN4. The van der Waals surface area contributed by atoms with Gasteiger partial charge in [0.25, 0.3) is 0 Å². The minimum absolute atomic E-state index is 0.137. The third kappa shape index (κ3) is 1.91. The van der Waals surface area contributed by atoms with Crippen LogP contribution in [0.2, 0.25) is 0 Å². The molecule has 1 aliphatic rings. The van der Waals surface area contributed by atoms with E-state index in [9.17, 15) is 4.39 Å². The lowest BCUT2D eigenvalue weighted by atomic mass is 9.97. The third-order valence-electron chi connectivity index (χ3n) is 3.66. The molecule has 2 rings (SSSR count). The second-order valence-corrected chi connectivity index (χ2v) is 4.75. The van der Waals surface area contributed by atoms with Crippen molar-refractivity contribution in [2.45, 2.75) is 25.3 Å². The number of likely N-dealkylation sites (N-methyl/N-ethyl adjacent to an activating group) is 1. The van der Waals surface area contributed by atoms with Crippen LogP contribution in [0.15, 0.2) is 18.3 Å². The Kier molecular flexibility index (Phi) is 2.87. The normalized spacial score (nSPS) is 25.1. The van der Waals surface area contributed by atoms with Gasteiger partial charge in [0.1, 0.15) is 17.1 Å². The maximum absolute atomic E-state index is 13.2. The summed E-state index contributed by atoms with van der Waals surface area (Å²) in [6, 6.07) is 2.62. The van der Waals surface area contributed by atoms with Crippen LogP contribution in [0.3, 0.4) is 0 Å². The maximum atomic E-state index is 13.2. The van der Waals surface area contributed by atoms with Crippen molar-refractivity contribution in [2.75, 3.05) is 13.6 Å². The lowest BCUT2D eigenvalue weighted by molar-refractivity contribution is 0.266. The van der Waals surface area contributed by atoms with E-state index in [-0.39, 0.29) is 11.3 Å². The van der Waals surface area contributed by atoms with E-state index in [1.165, 1.54) is 22.9 Å². The van der Waals surface area contributed by atoms with Gasteiger partial charge in [0.05, 0.1) is 5.54 Å². The van der Waals surface area contributed by atoms with Crippen LogP contribution in [0.25, 0.3) is 0 Å². The van der Waals surface area contributed by atoms with E-state index in [2.05, 4.69) is 4.90 Å². The van der Waals surface area contributed by atoms with Gasteiger partial charge in [-0.15, -0.1) is 0 Å². The number of hydrogen-bond donors (Lipinski definition) is 2. The summed E-state index contributed by atoms with van der Waals surface area (Å²) in [5.41, 5.74) is -0.272. The van der Waals surface area contributed by atoms with Crippen molar-refractivity contribution < 1.29 is 4.39 Å². The molecule has 0 spiro atoms. The zero-order valence-electron chi connectivity index (χ0n) is 10.1. The van der Waals surface area contributed by atoms with Gasteiger partial charge in [-0.3, -0.25) is 20.3 Å². The molecular weight excluding hydrogens is 219 g/mol. The number of aromatic nitrogens is 1. The molecule has 0 bridgehead atoms. The molecule has 1 saturated heterocycles. The molecule has 1 fully saturated rings. The van der Waals surface area contributed by atoms with Gasteiger partial charge in [-0.05, 0) is 45.5 Å². The summed E-state index contributed by atoms with van der Waals surface area (Å²) in [6.07, 6.45) is 3.10. The van der Waals surface area contributed by atoms with Crippen LogP contribution in [0.4, 0.5) is 4.39 Å². The standard InChI is InChI=1S/C12H17FN4/c1-12(6-3-7-16(12)2)11(15)17-8-9(13)4-5-10(17)14/h4-5,8,14-15H,3,6-7H2,1-2H3/t12-/m1/s1. The van der Waals surface area contributed by atoms with Crippen molar-refractivity contribution in [3.8, 4) is 0 Å². The average Bonchev–Trinajstić information content (AvgIpc) is 2.63. The zero-order valence-corrected chi connectivity index (χ0v) is 10.1. The summed E-state index contributed by atoms with van der Waals surface area (Å²) < 4.78 is 14.5. The Balaban J connectivity index is 2.44. The van der Waals surface area contributed by atoms with Gasteiger partial charge in [-0.2, -0.15) is 0 Å². The largest absolute Gasteiger partial charge is 0.294 e. The van der Waals surface area contributed by atoms with Crippen molar-refractivity contribution in [1.29, 1.82) is 10.8 Å². The highest BCUT2D eigenvalue weighted by Gasteiger charge is 2.39. The Labute approximate surface area is 99.7 Å². The number of halogens is 1. The Morgan fingerprint density at radius 3 is 2.76 bits per heavy atom. The fourth-order valence-corrected chi connectivity index (χ4v) is 2.32. The van der Waals surface area contributed by atoms with E-state index >= 15 is 0 Å². The molecule has 4 nitrogen and oxygen atoms in total. The molecule has 92 valence electrons. The topological polar surface area (TPSA) is 55.9 Å². The number of nitrogens with one attached hydrogen (secondary N) is 2. The van der Waals surface area contributed by atoms with E-state index in [0.29, 0.717) is 0 Å². The SMILES string of the molecule is CN1CCC[C@]1(C)C(=N)n1cc(F)ccc1=N. The molecule has 1 aliphatic heterocycles. The fourth-order valence-electron chi connectivity index (χ4n) is 2.32. The molecule has 0 aliphatic carbocycles. The van der Waals surface area contributed by atoms with Crippen LogP contribution in [0.5, 0.6) is 0 Å². The van der Waals surface area contributed by atoms with Crippen molar-refractivity contribution in [1.82, 2.24) is 9.47 Å². The predicted octanol–water partition coefficient (Wildman–Crippen LogP) is 1.42. The Morgan fingerprint density at radius 2 is 2.18 bits per heavy atom. The molecule has 1 atom stereocenters. The Hall–Kier alpha value is -1.49. The molecule has 0 saturated carbocycles. The number of likely N-dealkylation sites (tertiary alicyclic amines) is 1. The second-order valence-electron chi connectivity index (χ2n) is 4.75. The first kappa shape index (κ1) is 12.0. The number of pyridine rings is 1. The molecule has 17 heavy (non-hydrogen) atoms. The lowest BCUT2D eigenvalue weighted by Gasteiger charge is -2.33. The molecule has 1 aromatic heterocycles. The summed E-state index contributed by atoms with van der Waals surface area (Å²) in [5.74, 6) is -0.156. The van der Waals surface area contributed by atoms with Crippen LogP contribution in [0, 0.1) is 16.6 Å². The lowest BCUT2D eigenvalue weighted by Crippen LogP contribution is -2.50. The molecule has 5 heteroatoms. The number of rotatable bonds is 1. The fraction of sp³-hybridized carbons (Fsp3) is 0.500. The van der Waals surface area contributed by atoms with Crippen molar-refractivity contribution in [3.05, 3.63) is 29.6 Å². The highest BCUT2D eigenvalue weighted by atomic mass is 19.1. The monoisotopic (exact) mass is 236 g/mol. The van der Waals surface area contributed by atoms with Gasteiger partial charge in [0.2, 0.25) is 0 Å². The predicted molar refractivity (Wildman–Crippen MR) is 63.6 cm³/mol. The maximum Gasteiger partial charge on any atom is 0.140 e. The molecule has 2 N–H and O–H groups in total. The van der Waals surface area contributed by atoms with Gasteiger partial charge in [-0.25, -0.2) is 4.39 Å². The van der Waals surface area contributed by atoms with Gasteiger partial charge in [0, 0.05) is 6.20 Å². The molecule has 0 radical (unpaired) electrons. The van der Waals surface area contributed by atoms with E-state index in [1.54, 1.807) is 0 Å². The summed E-state index contributed by atoms with van der Waals surface area (Å²) in [4.78, 5) is 2.09. The number of nitrogens with zero attached hydrogens (tertiary/aromatic N) is 2. The van der Waals surface area contributed by atoms with Crippen LogP contribution in [-0.4, -0.2) is 34.4 Å². The van der Waals surface area contributed by atoms with Crippen molar-refractivity contribution >= 4 is 5.84 Å². The van der Waals surface area contributed by atoms with E-state index in [0.717, 1.165) is 19.4 Å². The summed E-state index contributed by atoms with van der Waals surface area (Å²) in [7, 11) is 1.96. The summed E-state index contributed by atoms with van der Waals surface area (Å²) >= 11 is 0. The number of hydrogen-bond acceptors (Lipinski definition) is 3. The van der Waals surface area contributed by atoms with Gasteiger partial charge < -0.3 is 0 Å². The van der Waals surface area contributed by atoms with Crippen LogP contribution < -0.4 is 5.49 Å². The van der Waals surface area contributed by atoms with Crippen molar-refractivity contribution in [3.63, 3.8) is 0 Å². The van der Waals surface area contributed by atoms with E-state index in [1.807, 2.05) is 14.0 Å². The van der Waals surface area contributed by atoms with E-state index in [4.69, 9.17) is 10.8 Å². The first-order chi connectivity index (χ1) is 7.95. The van der Waals surface area contributed by atoms with E-state index < -0.39 is 11.4 Å². The summed E-state index contributed by atoms with van der Waals surface area (Å²) in [6.45, 7) is 2.90. The first-order valence-electron chi connectivity index (χ1n) is 5.68. The molecule has 0 unspecified atom stereocenters. The summed E-state index contributed by atoms with van der Waals surface area (Å²) in [5, 5.41) is 16.0. The highest BCUT2D eigenvalue weighted by Crippen LogP contribution is 2.28. The van der Waals surface area contributed by atoms with Gasteiger partial charge in [-0.1, -0.05) is 0 Å². The second kappa shape index (κ2) is 4.07. The smallest absolute Gasteiger partial charge is 0.140 e. The zero-order chi connectivity index (χ0) is 12.6. The Bertz CT molecular complexity index is 507. The third-order valence-corrected chi connectivity index (χ3v) is 3.66. The minimum Gasteiger partial charge on any atom is -0.294 e. The molecule has 2 heterocycles. The van der Waals surface area contributed by atoms with Crippen LogP contribution >= 0.6 is 0 Å². The van der Waals surface area contributed by atoms with Crippen molar-refractivity contribution in [2.24, 2.45) is 0 Å².